The molecule has 0 amide bonds. The van der Waals surface area contributed by atoms with Crippen LogP contribution in [0.2, 0.25) is 0 Å². The van der Waals surface area contributed by atoms with E-state index in [9.17, 15) is 0 Å². The monoisotopic (exact) mass is 265 g/mol. The third-order valence-corrected chi connectivity index (χ3v) is 5.82. The predicted octanol–water partition coefficient (Wildman–Crippen LogP) is 2.50. The Kier molecular flexibility index (Phi) is 3.20. The summed E-state index contributed by atoms with van der Waals surface area (Å²) in [5.41, 5.74) is 7.81. The Morgan fingerprint density at radius 3 is 2.83 bits per heavy atom. The average Bonchev–Trinajstić information content (AvgIpc) is 2.77. The van der Waals surface area contributed by atoms with Crippen LogP contribution >= 0.6 is 11.3 Å². The molecule has 2 heterocycles. The number of hydrogen-bond donors (Lipinski definition) is 1. The van der Waals surface area contributed by atoms with Gasteiger partial charge in [-0.15, -0.1) is 11.3 Å². The molecule has 2 aliphatic rings. The lowest BCUT2D eigenvalue weighted by molar-refractivity contribution is 0.247. The second-order valence-corrected chi connectivity index (χ2v) is 7.30. The third kappa shape index (κ3) is 2.22. The van der Waals surface area contributed by atoms with Gasteiger partial charge in [0, 0.05) is 24.4 Å². The van der Waals surface area contributed by atoms with Gasteiger partial charge in [0.15, 0.2) is 0 Å². The SMILES string of the molecule is CC1CCC(N)(c2nc3c(s2)CN(C)CC3)CC1. The minimum absolute atomic E-state index is 0.132. The fourth-order valence-electron chi connectivity index (χ4n) is 3.03. The highest BCUT2D eigenvalue weighted by Crippen LogP contribution is 2.40. The molecule has 0 aromatic carbocycles. The highest BCUT2D eigenvalue weighted by Gasteiger charge is 2.35. The van der Waals surface area contributed by atoms with Gasteiger partial charge < -0.3 is 10.6 Å². The van der Waals surface area contributed by atoms with Crippen LogP contribution in [-0.4, -0.2) is 23.5 Å². The van der Waals surface area contributed by atoms with Gasteiger partial charge >= 0.3 is 0 Å². The van der Waals surface area contributed by atoms with Crippen molar-refractivity contribution in [2.75, 3.05) is 13.6 Å². The summed E-state index contributed by atoms with van der Waals surface area (Å²) >= 11 is 1.87. The molecule has 3 rings (SSSR count). The highest BCUT2D eigenvalue weighted by molar-refractivity contribution is 7.11. The number of hydrogen-bond acceptors (Lipinski definition) is 4. The summed E-state index contributed by atoms with van der Waals surface area (Å²) in [6.07, 6.45) is 5.81. The zero-order valence-electron chi connectivity index (χ0n) is 11.4. The van der Waals surface area contributed by atoms with E-state index in [1.807, 2.05) is 11.3 Å². The zero-order valence-corrected chi connectivity index (χ0v) is 12.2. The van der Waals surface area contributed by atoms with Crippen LogP contribution in [0, 0.1) is 5.92 Å². The first-order valence-electron chi connectivity index (χ1n) is 7.03. The molecule has 0 spiro atoms. The Balaban J connectivity index is 1.84. The van der Waals surface area contributed by atoms with Gasteiger partial charge in [0.05, 0.1) is 11.2 Å². The minimum atomic E-state index is -0.132. The Labute approximate surface area is 113 Å². The highest BCUT2D eigenvalue weighted by atomic mass is 32.1. The summed E-state index contributed by atoms with van der Waals surface area (Å²) in [7, 11) is 2.18. The fourth-order valence-corrected chi connectivity index (χ4v) is 4.37. The smallest absolute Gasteiger partial charge is 0.113 e. The first kappa shape index (κ1) is 12.6. The van der Waals surface area contributed by atoms with Crippen molar-refractivity contribution in [3.05, 3.63) is 15.6 Å². The average molecular weight is 265 g/mol. The summed E-state index contributed by atoms with van der Waals surface area (Å²) < 4.78 is 0. The van der Waals surface area contributed by atoms with Crippen LogP contribution in [0.1, 0.15) is 48.2 Å². The van der Waals surface area contributed by atoms with Gasteiger partial charge in [-0.25, -0.2) is 4.98 Å². The number of aromatic nitrogens is 1. The lowest BCUT2D eigenvalue weighted by atomic mass is 9.78. The van der Waals surface area contributed by atoms with Gasteiger partial charge in [-0.2, -0.15) is 0 Å². The van der Waals surface area contributed by atoms with E-state index in [4.69, 9.17) is 10.7 Å². The lowest BCUT2D eigenvalue weighted by Gasteiger charge is -2.34. The first-order chi connectivity index (χ1) is 8.57. The second-order valence-electron chi connectivity index (χ2n) is 6.22. The van der Waals surface area contributed by atoms with Gasteiger partial charge in [-0.3, -0.25) is 0 Å². The number of rotatable bonds is 1. The van der Waals surface area contributed by atoms with Crippen molar-refractivity contribution in [3.8, 4) is 0 Å². The van der Waals surface area contributed by atoms with E-state index in [-0.39, 0.29) is 5.54 Å². The van der Waals surface area contributed by atoms with E-state index in [1.165, 1.54) is 28.4 Å². The van der Waals surface area contributed by atoms with Gasteiger partial charge in [0.25, 0.3) is 0 Å². The standard InChI is InChI=1S/C14H23N3S/c1-10-3-6-14(15,7-4-10)13-16-11-5-8-17(2)9-12(11)18-13/h10H,3-9,15H2,1-2H3. The molecule has 1 aliphatic carbocycles. The van der Waals surface area contributed by atoms with Gasteiger partial charge in [-0.05, 0) is 38.6 Å². The van der Waals surface area contributed by atoms with Crippen LogP contribution in [0.5, 0.6) is 0 Å². The Morgan fingerprint density at radius 2 is 2.11 bits per heavy atom. The molecule has 1 aromatic heterocycles. The molecule has 2 N–H and O–H groups in total. The minimum Gasteiger partial charge on any atom is -0.319 e. The van der Waals surface area contributed by atoms with Crippen LogP contribution in [0.25, 0.3) is 0 Å². The summed E-state index contributed by atoms with van der Waals surface area (Å²) in [5, 5.41) is 1.20. The lowest BCUT2D eigenvalue weighted by Crippen LogP contribution is -2.40. The van der Waals surface area contributed by atoms with E-state index < -0.39 is 0 Å². The van der Waals surface area contributed by atoms with Crippen molar-refractivity contribution in [2.24, 2.45) is 11.7 Å². The second kappa shape index (κ2) is 4.58. The summed E-state index contributed by atoms with van der Waals surface area (Å²) in [6, 6.07) is 0. The first-order valence-corrected chi connectivity index (χ1v) is 7.85. The predicted molar refractivity (Wildman–Crippen MR) is 75.6 cm³/mol. The summed E-state index contributed by atoms with van der Waals surface area (Å²) in [6.45, 7) is 4.52. The number of fused-ring (bicyclic) bond motifs is 1. The molecule has 0 atom stereocenters. The quantitative estimate of drug-likeness (QED) is 0.848. The maximum atomic E-state index is 6.62. The molecule has 0 unspecified atom stereocenters. The van der Waals surface area contributed by atoms with Crippen LogP contribution < -0.4 is 5.73 Å². The molecule has 1 saturated carbocycles. The summed E-state index contributed by atoms with van der Waals surface area (Å²) in [4.78, 5) is 8.69. The van der Waals surface area contributed by atoms with Gasteiger partial charge in [-0.1, -0.05) is 6.92 Å². The van der Waals surface area contributed by atoms with Crippen molar-refractivity contribution in [3.63, 3.8) is 0 Å². The third-order valence-electron chi connectivity index (χ3n) is 4.51. The molecule has 1 aliphatic heterocycles. The molecule has 0 bridgehead atoms. The van der Waals surface area contributed by atoms with Crippen molar-refractivity contribution < 1.29 is 0 Å². The molecule has 4 heteroatoms. The van der Waals surface area contributed by atoms with Crippen molar-refractivity contribution in [1.29, 1.82) is 0 Å². The Hall–Kier alpha value is -0.450. The maximum Gasteiger partial charge on any atom is 0.113 e. The van der Waals surface area contributed by atoms with E-state index in [1.54, 1.807) is 0 Å². The van der Waals surface area contributed by atoms with E-state index in [0.29, 0.717) is 0 Å². The van der Waals surface area contributed by atoms with Crippen molar-refractivity contribution >= 4 is 11.3 Å². The molecule has 0 radical (unpaired) electrons. The molecular formula is C14H23N3S. The van der Waals surface area contributed by atoms with Crippen molar-refractivity contribution in [2.45, 2.75) is 51.1 Å². The normalized spacial score (nSPS) is 33.4. The zero-order chi connectivity index (χ0) is 12.8. The molecule has 1 aromatic rings. The fraction of sp³-hybridized carbons (Fsp3) is 0.786. The largest absolute Gasteiger partial charge is 0.319 e. The summed E-state index contributed by atoms with van der Waals surface area (Å²) in [5.74, 6) is 0.836. The van der Waals surface area contributed by atoms with E-state index in [0.717, 1.165) is 38.3 Å². The van der Waals surface area contributed by atoms with E-state index >= 15 is 0 Å². The molecule has 100 valence electrons. The Bertz CT molecular complexity index is 432. The number of nitrogens with two attached hydrogens (primary N) is 1. The van der Waals surface area contributed by atoms with Crippen LogP contribution in [0.15, 0.2) is 0 Å². The number of nitrogens with zero attached hydrogens (tertiary/aromatic N) is 2. The topological polar surface area (TPSA) is 42.1 Å². The van der Waals surface area contributed by atoms with Crippen LogP contribution in [-0.2, 0) is 18.5 Å². The van der Waals surface area contributed by atoms with Gasteiger partial charge in [0.1, 0.15) is 5.01 Å². The van der Waals surface area contributed by atoms with Crippen molar-refractivity contribution in [1.82, 2.24) is 9.88 Å². The molecule has 3 nitrogen and oxygen atoms in total. The maximum absolute atomic E-state index is 6.62. The van der Waals surface area contributed by atoms with Gasteiger partial charge in [0.2, 0.25) is 0 Å². The Morgan fingerprint density at radius 1 is 1.39 bits per heavy atom. The molecule has 1 fully saturated rings. The molecular weight excluding hydrogens is 242 g/mol. The number of thiazole rings is 1. The van der Waals surface area contributed by atoms with Crippen LogP contribution in [0.4, 0.5) is 0 Å². The van der Waals surface area contributed by atoms with E-state index in [2.05, 4.69) is 18.9 Å². The molecule has 0 saturated heterocycles. The molecule has 18 heavy (non-hydrogen) atoms. The van der Waals surface area contributed by atoms with Crippen LogP contribution in [0.3, 0.4) is 0 Å². The number of likely N-dealkylation sites (N-methyl/N-ethyl adjacent to an activating group) is 1.